The van der Waals surface area contributed by atoms with Crippen molar-refractivity contribution in [3.05, 3.63) is 47.2 Å². The molecule has 0 spiro atoms. The van der Waals surface area contributed by atoms with Crippen molar-refractivity contribution in [1.29, 1.82) is 0 Å². The second-order valence-electron chi connectivity index (χ2n) is 5.74. The van der Waals surface area contributed by atoms with Crippen LogP contribution in [0.3, 0.4) is 0 Å². The first-order valence-corrected chi connectivity index (χ1v) is 8.21. The van der Waals surface area contributed by atoms with Crippen LogP contribution in [0.5, 0.6) is 0 Å². The minimum Gasteiger partial charge on any atom is -0.383 e. The van der Waals surface area contributed by atoms with Crippen LogP contribution in [0, 0.1) is 0 Å². The van der Waals surface area contributed by atoms with Gasteiger partial charge >= 0.3 is 6.03 Å². The zero-order valence-corrected chi connectivity index (χ0v) is 15.0. The van der Waals surface area contributed by atoms with E-state index in [1.165, 1.54) is 0 Å². The van der Waals surface area contributed by atoms with Crippen molar-refractivity contribution in [2.45, 2.75) is 26.4 Å². The van der Waals surface area contributed by atoms with Gasteiger partial charge in [-0.05, 0) is 25.5 Å². The summed E-state index contributed by atoms with van der Waals surface area (Å²) < 4.78 is 6.90. The molecule has 0 bridgehead atoms. The molecule has 2 aromatic rings. The van der Waals surface area contributed by atoms with Gasteiger partial charge in [0.05, 0.1) is 18.5 Å². The lowest BCUT2D eigenvalue weighted by atomic mass is 10.2. The number of aromatic nitrogens is 2. The first-order valence-electron chi connectivity index (χ1n) is 7.83. The summed E-state index contributed by atoms with van der Waals surface area (Å²) in [4.78, 5) is 14.3. The molecule has 0 unspecified atom stereocenters. The van der Waals surface area contributed by atoms with Gasteiger partial charge in [0.25, 0.3) is 0 Å². The lowest BCUT2D eigenvalue weighted by Gasteiger charge is -2.23. The van der Waals surface area contributed by atoms with Crippen molar-refractivity contribution in [1.82, 2.24) is 14.7 Å². The maximum atomic E-state index is 12.6. The number of ether oxygens (including phenoxy) is 1. The second-order valence-corrected chi connectivity index (χ2v) is 6.15. The summed E-state index contributed by atoms with van der Waals surface area (Å²) >= 11 is 6.20. The summed E-state index contributed by atoms with van der Waals surface area (Å²) in [5, 5.41) is 7.74. The molecular formula is C17H23ClN4O2. The van der Waals surface area contributed by atoms with E-state index in [4.69, 9.17) is 16.3 Å². The van der Waals surface area contributed by atoms with E-state index in [1.54, 1.807) is 22.9 Å². The Hall–Kier alpha value is -2.05. The molecule has 0 saturated carbocycles. The summed E-state index contributed by atoms with van der Waals surface area (Å²) in [6.45, 7) is 5.38. The van der Waals surface area contributed by atoms with E-state index >= 15 is 0 Å². The molecule has 0 aliphatic rings. The summed E-state index contributed by atoms with van der Waals surface area (Å²) in [5.41, 5.74) is 1.55. The fourth-order valence-electron chi connectivity index (χ4n) is 2.17. The molecule has 2 rings (SSSR count). The van der Waals surface area contributed by atoms with Crippen LogP contribution in [0.25, 0.3) is 0 Å². The third-order valence-electron chi connectivity index (χ3n) is 3.55. The van der Waals surface area contributed by atoms with Crippen LogP contribution in [-0.4, -0.2) is 41.0 Å². The lowest BCUT2D eigenvalue weighted by molar-refractivity contribution is 0.153. The van der Waals surface area contributed by atoms with E-state index in [0.29, 0.717) is 30.4 Å². The van der Waals surface area contributed by atoms with Crippen LogP contribution in [-0.2, 0) is 11.3 Å². The zero-order chi connectivity index (χ0) is 17.5. The number of methoxy groups -OCH3 is 1. The highest BCUT2D eigenvalue weighted by atomic mass is 35.5. The van der Waals surface area contributed by atoms with E-state index in [2.05, 4.69) is 10.4 Å². The minimum absolute atomic E-state index is 0.213. The Bertz CT molecular complexity index is 672. The normalized spacial score (nSPS) is 10.9. The number of hydrogen-bond acceptors (Lipinski definition) is 3. The highest BCUT2D eigenvalue weighted by molar-refractivity contribution is 6.31. The Morgan fingerprint density at radius 1 is 1.42 bits per heavy atom. The Labute approximate surface area is 147 Å². The Morgan fingerprint density at radius 2 is 2.17 bits per heavy atom. The van der Waals surface area contributed by atoms with Crippen molar-refractivity contribution in [2.75, 3.05) is 25.6 Å². The summed E-state index contributed by atoms with van der Waals surface area (Å²) in [7, 11) is 1.61. The molecule has 0 atom stereocenters. The molecule has 0 saturated heterocycles. The van der Waals surface area contributed by atoms with Gasteiger partial charge in [0, 0.05) is 37.5 Å². The fourth-order valence-corrected chi connectivity index (χ4v) is 2.37. The summed E-state index contributed by atoms with van der Waals surface area (Å²) in [5.74, 6) is 0. The summed E-state index contributed by atoms with van der Waals surface area (Å²) in [6, 6.07) is 7.52. The molecular weight excluding hydrogens is 328 g/mol. The SMILES string of the molecule is COCCN(Cc1ccccc1Cl)C(=O)Nc1cnn(C(C)C)c1. The van der Waals surface area contributed by atoms with Gasteiger partial charge in [0.15, 0.2) is 0 Å². The van der Waals surface area contributed by atoms with E-state index in [0.717, 1.165) is 5.56 Å². The highest BCUT2D eigenvalue weighted by Crippen LogP contribution is 2.18. The topological polar surface area (TPSA) is 59.4 Å². The molecule has 0 aliphatic heterocycles. The van der Waals surface area contributed by atoms with Gasteiger partial charge in [-0.15, -0.1) is 0 Å². The molecule has 0 radical (unpaired) electrons. The van der Waals surface area contributed by atoms with Gasteiger partial charge in [-0.1, -0.05) is 29.8 Å². The standard InChI is InChI=1S/C17H23ClN4O2/c1-13(2)22-12-15(10-19-22)20-17(23)21(8-9-24-3)11-14-6-4-5-7-16(14)18/h4-7,10,12-13H,8-9,11H2,1-3H3,(H,20,23). The van der Waals surface area contributed by atoms with E-state index in [-0.39, 0.29) is 12.1 Å². The van der Waals surface area contributed by atoms with Gasteiger partial charge < -0.3 is 15.0 Å². The van der Waals surface area contributed by atoms with Crippen LogP contribution >= 0.6 is 11.6 Å². The van der Waals surface area contributed by atoms with E-state index in [9.17, 15) is 4.79 Å². The molecule has 1 aromatic carbocycles. The van der Waals surface area contributed by atoms with Gasteiger partial charge in [0.2, 0.25) is 0 Å². The number of urea groups is 1. The number of nitrogens with one attached hydrogen (secondary N) is 1. The molecule has 2 amide bonds. The van der Waals surface area contributed by atoms with Crippen LogP contribution in [0.15, 0.2) is 36.7 Å². The highest BCUT2D eigenvalue weighted by Gasteiger charge is 2.16. The average molecular weight is 351 g/mol. The number of benzene rings is 1. The van der Waals surface area contributed by atoms with Crippen molar-refractivity contribution < 1.29 is 9.53 Å². The third-order valence-corrected chi connectivity index (χ3v) is 3.92. The number of carbonyl (C=O) groups is 1. The summed E-state index contributed by atoms with van der Waals surface area (Å²) in [6.07, 6.45) is 3.45. The van der Waals surface area contributed by atoms with Crippen molar-refractivity contribution in [2.24, 2.45) is 0 Å². The number of halogens is 1. The van der Waals surface area contributed by atoms with Crippen molar-refractivity contribution in [3.63, 3.8) is 0 Å². The molecule has 1 heterocycles. The quantitative estimate of drug-likeness (QED) is 0.826. The predicted octanol–water partition coefficient (Wildman–Crippen LogP) is 3.80. The van der Waals surface area contributed by atoms with Crippen LogP contribution in [0.4, 0.5) is 10.5 Å². The minimum atomic E-state index is -0.213. The van der Waals surface area contributed by atoms with Crippen LogP contribution in [0.2, 0.25) is 5.02 Å². The van der Waals surface area contributed by atoms with Crippen LogP contribution < -0.4 is 5.32 Å². The number of nitrogens with zero attached hydrogens (tertiary/aromatic N) is 3. The molecule has 24 heavy (non-hydrogen) atoms. The van der Waals surface area contributed by atoms with Crippen molar-refractivity contribution >= 4 is 23.3 Å². The molecule has 7 heteroatoms. The number of amides is 2. The van der Waals surface area contributed by atoms with E-state index < -0.39 is 0 Å². The largest absolute Gasteiger partial charge is 0.383 e. The number of hydrogen-bond donors (Lipinski definition) is 1. The Balaban J connectivity index is 2.08. The maximum absolute atomic E-state index is 12.6. The molecule has 130 valence electrons. The zero-order valence-electron chi connectivity index (χ0n) is 14.2. The van der Waals surface area contributed by atoms with Gasteiger partial charge in [-0.25, -0.2) is 4.79 Å². The molecule has 1 N–H and O–H groups in total. The Kier molecular flexibility index (Phi) is 6.63. The fraction of sp³-hybridized carbons (Fsp3) is 0.412. The molecule has 0 fully saturated rings. The third kappa shape index (κ3) is 4.97. The predicted molar refractivity (Wildman–Crippen MR) is 95.4 cm³/mol. The second kappa shape index (κ2) is 8.70. The van der Waals surface area contributed by atoms with Gasteiger partial charge in [-0.2, -0.15) is 5.10 Å². The average Bonchev–Trinajstić information content (AvgIpc) is 3.01. The number of carbonyl (C=O) groups excluding carboxylic acids is 1. The molecule has 6 nitrogen and oxygen atoms in total. The van der Waals surface area contributed by atoms with Crippen molar-refractivity contribution in [3.8, 4) is 0 Å². The number of rotatable bonds is 7. The first kappa shape index (κ1) is 18.3. The monoisotopic (exact) mass is 350 g/mol. The molecule has 1 aromatic heterocycles. The Morgan fingerprint density at radius 3 is 2.79 bits per heavy atom. The van der Waals surface area contributed by atoms with Gasteiger partial charge in [-0.3, -0.25) is 4.68 Å². The van der Waals surface area contributed by atoms with E-state index in [1.807, 2.05) is 44.3 Å². The lowest BCUT2D eigenvalue weighted by Crippen LogP contribution is -2.36. The smallest absolute Gasteiger partial charge is 0.322 e. The molecule has 0 aliphatic carbocycles. The number of anilines is 1. The van der Waals surface area contributed by atoms with Gasteiger partial charge in [0.1, 0.15) is 0 Å². The maximum Gasteiger partial charge on any atom is 0.322 e. The van der Waals surface area contributed by atoms with Crippen LogP contribution in [0.1, 0.15) is 25.5 Å². The first-order chi connectivity index (χ1) is 11.5.